The fourth-order valence-electron chi connectivity index (χ4n) is 2.00. The van der Waals surface area contributed by atoms with Crippen LogP contribution in [0.2, 0.25) is 0 Å². The molecule has 2 N–H and O–H groups in total. The van der Waals surface area contributed by atoms with Gasteiger partial charge in [-0.05, 0) is 12.3 Å². The van der Waals surface area contributed by atoms with E-state index in [9.17, 15) is 5.11 Å². The van der Waals surface area contributed by atoms with Crippen molar-refractivity contribution in [2.75, 3.05) is 85.9 Å². The van der Waals surface area contributed by atoms with Gasteiger partial charge in [0, 0.05) is 0 Å². The maximum absolute atomic E-state index is 9.64. The van der Waals surface area contributed by atoms with Crippen molar-refractivity contribution in [3.05, 3.63) is 0 Å². The molecule has 0 heterocycles. The molecule has 0 bridgehead atoms. The molecule has 0 aliphatic rings. The summed E-state index contributed by atoms with van der Waals surface area (Å²) in [6.07, 6.45) is 0.352. The van der Waals surface area contributed by atoms with Gasteiger partial charge < -0.3 is 38.6 Å². The van der Waals surface area contributed by atoms with Gasteiger partial charge in [0.15, 0.2) is 0 Å². The topological polar surface area (TPSA) is 95.8 Å². The summed E-state index contributed by atoms with van der Waals surface area (Å²) in [4.78, 5) is 0. The molecule has 8 heteroatoms. The molecule has 0 saturated carbocycles. The third-order valence-corrected chi connectivity index (χ3v) is 3.15. The van der Waals surface area contributed by atoms with Gasteiger partial charge in [-0.15, -0.1) is 0 Å². The van der Waals surface area contributed by atoms with Gasteiger partial charge in [0.05, 0.1) is 92.0 Å². The number of aliphatic hydroxyl groups excluding tert-OH is 2. The summed E-state index contributed by atoms with van der Waals surface area (Å²) in [5.41, 5.74) is 0. The van der Waals surface area contributed by atoms with E-state index >= 15 is 0 Å². The van der Waals surface area contributed by atoms with E-state index in [-0.39, 0.29) is 6.61 Å². The van der Waals surface area contributed by atoms with E-state index in [4.69, 9.17) is 33.5 Å². The summed E-state index contributed by atoms with van der Waals surface area (Å²) in [6.45, 7) is 9.90. The van der Waals surface area contributed by atoms with Crippen LogP contribution < -0.4 is 0 Å². The monoisotopic (exact) mass is 382 g/mol. The summed E-state index contributed by atoms with van der Waals surface area (Å²) in [7, 11) is 0. The van der Waals surface area contributed by atoms with Gasteiger partial charge in [-0.3, -0.25) is 0 Å². The van der Waals surface area contributed by atoms with Crippen molar-refractivity contribution in [3.8, 4) is 0 Å². The van der Waals surface area contributed by atoms with Gasteiger partial charge in [-0.2, -0.15) is 0 Å². The molecule has 0 fully saturated rings. The first-order valence-electron chi connectivity index (χ1n) is 9.42. The van der Waals surface area contributed by atoms with Crippen molar-refractivity contribution in [1.82, 2.24) is 0 Å². The van der Waals surface area contributed by atoms with E-state index < -0.39 is 6.10 Å². The highest BCUT2D eigenvalue weighted by Crippen LogP contribution is 2.04. The highest BCUT2D eigenvalue weighted by atomic mass is 16.6. The molecule has 0 aromatic heterocycles. The van der Waals surface area contributed by atoms with Crippen molar-refractivity contribution < 1.29 is 38.6 Å². The standard InChI is InChI=1S/C18H38O8/c1-17(2)15-18(20)16-26-14-13-25-12-11-24-10-9-23-8-7-22-6-5-21-4-3-19/h17-20H,3-16H2,1-2H3. The van der Waals surface area contributed by atoms with E-state index in [1.807, 2.05) is 0 Å². The molecule has 0 rings (SSSR count). The lowest BCUT2D eigenvalue weighted by Gasteiger charge is -2.13. The number of rotatable bonds is 21. The van der Waals surface area contributed by atoms with Gasteiger partial charge in [-0.1, -0.05) is 13.8 Å². The zero-order valence-electron chi connectivity index (χ0n) is 16.4. The molecule has 0 amide bonds. The smallest absolute Gasteiger partial charge is 0.0776 e. The minimum atomic E-state index is -0.400. The summed E-state index contributed by atoms with van der Waals surface area (Å²) in [6, 6.07) is 0. The van der Waals surface area contributed by atoms with Crippen LogP contribution in [0.15, 0.2) is 0 Å². The second-order valence-electron chi connectivity index (χ2n) is 6.14. The zero-order chi connectivity index (χ0) is 19.3. The van der Waals surface area contributed by atoms with Gasteiger partial charge in [0.2, 0.25) is 0 Å². The normalized spacial score (nSPS) is 12.8. The van der Waals surface area contributed by atoms with Gasteiger partial charge >= 0.3 is 0 Å². The Labute approximate surface area is 157 Å². The van der Waals surface area contributed by atoms with Gasteiger partial charge in [-0.25, -0.2) is 0 Å². The number of aliphatic hydroxyl groups is 2. The fourth-order valence-corrected chi connectivity index (χ4v) is 2.00. The quantitative estimate of drug-likeness (QED) is 0.277. The summed E-state index contributed by atoms with van der Waals surface area (Å²) < 4.78 is 31.8. The van der Waals surface area contributed by atoms with Crippen molar-refractivity contribution in [3.63, 3.8) is 0 Å². The Morgan fingerprint density at radius 3 is 1.27 bits per heavy atom. The van der Waals surface area contributed by atoms with Crippen LogP contribution in [0.3, 0.4) is 0 Å². The second kappa shape index (κ2) is 21.0. The molecular weight excluding hydrogens is 344 g/mol. The van der Waals surface area contributed by atoms with Crippen molar-refractivity contribution in [1.29, 1.82) is 0 Å². The Morgan fingerprint density at radius 1 is 0.577 bits per heavy atom. The van der Waals surface area contributed by atoms with Crippen molar-refractivity contribution in [2.45, 2.75) is 26.4 Å². The molecule has 1 atom stereocenters. The van der Waals surface area contributed by atoms with E-state index in [2.05, 4.69) is 13.8 Å². The first kappa shape index (κ1) is 25.7. The number of ether oxygens (including phenoxy) is 6. The Bertz CT molecular complexity index is 266. The van der Waals surface area contributed by atoms with E-state index in [0.29, 0.717) is 85.2 Å². The zero-order valence-corrected chi connectivity index (χ0v) is 16.4. The van der Waals surface area contributed by atoms with Crippen LogP contribution in [-0.2, 0) is 28.4 Å². The minimum Gasteiger partial charge on any atom is -0.394 e. The number of hydrogen-bond acceptors (Lipinski definition) is 8. The van der Waals surface area contributed by atoms with E-state index in [1.165, 1.54) is 0 Å². The highest BCUT2D eigenvalue weighted by Gasteiger charge is 2.06. The molecule has 0 spiro atoms. The van der Waals surface area contributed by atoms with E-state index in [1.54, 1.807) is 0 Å². The lowest BCUT2D eigenvalue weighted by atomic mass is 10.1. The Balaban J connectivity index is 3.05. The van der Waals surface area contributed by atoms with Crippen LogP contribution in [0, 0.1) is 5.92 Å². The molecule has 0 aliphatic heterocycles. The molecule has 1 unspecified atom stereocenters. The predicted molar refractivity (Wildman–Crippen MR) is 97.5 cm³/mol. The van der Waals surface area contributed by atoms with Crippen LogP contribution in [0.1, 0.15) is 20.3 Å². The average molecular weight is 382 g/mol. The minimum absolute atomic E-state index is 0.0322. The molecule has 0 radical (unpaired) electrons. The highest BCUT2D eigenvalue weighted by molar-refractivity contribution is 4.56. The number of hydrogen-bond donors (Lipinski definition) is 2. The third kappa shape index (κ3) is 21.7. The molecule has 0 saturated heterocycles. The lowest BCUT2D eigenvalue weighted by molar-refractivity contribution is -0.0259. The first-order valence-corrected chi connectivity index (χ1v) is 9.42. The summed E-state index contributed by atoms with van der Waals surface area (Å²) in [5, 5.41) is 18.1. The Morgan fingerprint density at radius 2 is 0.923 bits per heavy atom. The maximum atomic E-state index is 9.64. The lowest BCUT2D eigenvalue weighted by Crippen LogP contribution is -2.19. The summed E-state index contributed by atoms with van der Waals surface area (Å²) >= 11 is 0. The molecule has 0 aromatic carbocycles. The van der Waals surface area contributed by atoms with Gasteiger partial charge in [0.25, 0.3) is 0 Å². The second-order valence-corrected chi connectivity index (χ2v) is 6.14. The van der Waals surface area contributed by atoms with Crippen molar-refractivity contribution in [2.24, 2.45) is 5.92 Å². The third-order valence-electron chi connectivity index (χ3n) is 3.15. The maximum Gasteiger partial charge on any atom is 0.0776 e. The van der Waals surface area contributed by atoms with Crippen LogP contribution >= 0.6 is 0 Å². The molecule has 26 heavy (non-hydrogen) atoms. The fraction of sp³-hybridized carbons (Fsp3) is 1.00. The molecule has 158 valence electrons. The van der Waals surface area contributed by atoms with E-state index in [0.717, 1.165) is 6.42 Å². The first-order chi connectivity index (χ1) is 12.7. The van der Waals surface area contributed by atoms with Crippen LogP contribution in [-0.4, -0.2) is 102 Å². The molecule has 0 aromatic rings. The van der Waals surface area contributed by atoms with Crippen LogP contribution in [0.4, 0.5) is 0 Å². The molecule has 8 nitrogen and oxygen atoms in total. The van der Waals surface area contributed by atoms with Crippen molar-refractivity contribution >= 4 is 0 Å². The summed E-state index contributed by atoms with van der Waals surface area (Å²) in [5.74, 6) is 0.468. The predicted octanol–water partition coefficient (Wildman–Crippen LogP) is 0.485. The SMILES string of the molecule is CC(C)CC(O)COCCOCCOCCOCCOCCOCCO. The Kier molecular flexibility index (Phi) is 20.7. The molecular formula is C18H38O8. The average Bonchev–Trinajstić information content (AvgIpc) is 2.60. The Hall–Kier alpha value is -0.320. The molecule has 0 aliphatic carbocycles. The largest absolute Gasteiger partial charge is 0.394 e. The van der Waals surface area contributed by atoms with Crippen LogP contribution in [0.25, 0.3) is 0 Å². The van der Waals surface area contributed by atoms with Crippen LogP contribution in [0.5, 0.6) is 0 Å². The van der Waals surface area contributed by atoms with Gasteiger partial charge in [0.1, 0.15) is 0 Å².